The molecule has 4 atom stereocenters. The number of carbonyl (C=O) groups is 2. The number of carbonyl (C=O) groups excluding carboxylic acids is 2. The van der Waals surface area contributed by atoms with Crippen LogP contribution in [0.1, 0.15) is 75.0 Å². The number of rotatable bonds is 5. The van der Waals surface area contributed by atoms with E-state index >= 15 is 0 Å². The van der Waals surface area contributed by atoms with Crippen molar-refractivity contribution in [1.82, 2.24) is 5.32 Å². The largest absolute Gasteiger partial charge is 0.467 e. The van der Waals surface area contributed by atoms with Crippen LogP contribution in [0.3, 0.4) is 0 Å². The van der Waals surface area contributed by atoms with Crippen LogP contribution in [0.2, 0.25) is 0 Å². The van der Waals surface area contributed by atoms with Crippen LogP contribution in [-0.4, -0.2) is 36.7 Å². The molecule has 0 radical (unpaired) electrons. The van der Waals surface area contributed by atoms with Crippen molar-refractivity contribution in [2.75, 3.05) is 13.7 Å². The highest BCUT2D eigenvalue weighted by atomic mass is 16.5. The zero-order chi connectivity index (χ0) is 20.5. The number of aryl methyl sites for hydroxylation is 1. The molecule has 0 heterocycles. The lowest BCUT2D eigenvalue weighted by Gasteiger charge is -2.48. The molecule has 2 aliphatic carbocycles. The van der Waals surface area contributed by atoms with Crippen molar-refractivity contribution in [2.45, 2.75) is 70.8 Å². The molecule has 0 aromatic heterocycles. The van der Waals surface area contributed by atoms with Crippen LogP contribution in [0, 0.1) is 11.3 Å². The van der Waals surface area contributed by atoms with E-state index in [0.717, 1.165) is 32.1 Å². The van der Waals surface area contributed by atoms with E-state index in [1.807, 2.05) is 6.92 Å². The summed E-state index contributed by atoms with van der Waals surface area (Å²) in [5.41, 5.74) is 3.65. The van der Waals surface area contributed by atoms with Gasteiger partial charge in [-0.15, -0.1) is 0 Å². The monoisotopic (exact) mass is 387 g/mol. The minimum atomic E-state index is -1.00. The molecule has 0 bridgehead atoms. The van der Waals surface area contributed by atoms with E-state index < -0.39 is 24.0 Å². The van der Waals surface area contributed by atoms with Crippen LogP contribution in [0.5, 0.6) is 0 Å². The molecular formula is C23H33NO4. The Morgan fingerprint density at radius 3 is 2.71 bits per heavy atom. The number of amides is 1. The Balaban J connectivity index is 1.85. The number of aliphatic hydroxyl groups excluding tert-OH is 1. The van der Waals surface area contributed by atoms with Crippen molar-refractivity contribution in [3.05, 3.63) is 34.9 Å². The fourth-order valence-electron chi connectivity index (χ4n) is 5.21. The molecule has 2 aliphatic rings. The molecule has 1 fully saturated rings. The van der Waals surface area contributed by atoms with Gasteiger partial charge >= 0.3 is 5.97 Å². The van der Waals surface area contributed by atoms with Crippen LogP contribution in [0.4, 0.5) is 0 Å². The summed E-state index contributed by atoms with van der Waals surface area (Å²) in [7, 11) is 1.26. The number of nitrogens with one attached hydrogen (secondary N) is 1. The van der Waals surface area contributed by atoms with Crippen LogP contribution in [-0.2, 0) is 20.7 Å². The van der Waals surface area contributed by atoms with Gasteiger partial charge in [-0.3, -0.25) is 4.79 Å². The second kappa shape index (κ2) is 8.24. The number of fused-ring (bicyclic) bond motifs is 3. The molecule has 3 rings (SSSR count). The minimum absolute atomic E-state index is 0.145. The zero-order valence-electron chi connectivity index (χ0n) is 17.5. The molecule has 1 saturated carbocycles. The second-order valence-corrected chi connectivity index (χ2v) is 8.91. The minimum Gasteiger partial charge on any atom is -0.467 e. The maximum Gasteiger partial charge on any atom is 0.330 e. The van der Waals surface area contributed by atoms with E-state index in [0.29, 0.717) is 11.8 Å². The molecule has 0 saturated heterocycles. The predicted octanol–water partition coefficient (Wildman–Crippen LogP) is 3.30. The molecule has 1 amide bonds. The second-order valence-electron chi connectivity index (χ2n) is 8.91. The molecule has 1 aromatic rings. The van der Waals surface area contributed by atoms with Crippen LogP contribution in [0.25, 0.3) is 0 Å². The number of methoxy groups -OCH3 is 1. The van der Waals surface area contributed by atoms with Gasteiger partial charge in [0, 0.05) is 5.41 Å². The van der Waals surface area contributed by atoms with Crippen LogP contribution < -0.4 is 5.32 Å². The van der Waals surface area contributed by atoms with Gasteiger partial charge in [0.25, 0.3) is 0 Å². The number of hydrogen-bond donors (Lipinski definition) is 2. The SMILES string of the molecule is COC(=O)[C@H](CO)NC(=O)[C@]1(C)CCC[C@@H]2c3ccc(C(C)C)cc3CC[C@H]21. The van der Waals surface area contributed by atoms with E-state index in [1.54, 1.807) is 0 Å². The van der Waals surface area contributed by atoms with Gasteiger partial charge in [-0.25, -0.2) is 4.79 Å². The molecule has 1 aromatic carbocycles. The highest BCUT2D eigenvalue weighted by molar-refractivity contribution is 5.88. The van der Waals surface area contributed by atoms with Crippen molar-refractivity contribution in [3.8, 4) is 0 Å². The van der Waals surface area contributed by atoms with Crippen LogP contribution >= 0.6 is 0 Å². The van der Waals surface area contributed by atoms with E-state index in [1.165, 1.54) is 23.8 Å². The first kappa shape index (κ1) is 20.8. The Hall–Kier alpha value is -1.88. The maximum atomic E-state index is 13.2. The summed E-state index contributed by atoms with van der Waals surface area (Å²) in [5, 5.41) is 12.2. The molecule has 0 aliphatic heterocycles. The summed E-state index contributed by atoms with van der Waals surface area (Å²) in [6.45, 7) is 6.00. The summed E-state index contributed by atoms with van der Waals surface area (Å²) in [4.78, 5) is 25.0. The maximum absolute atomic E-state index is 13.2. The highest BCUT2D eigenvalue weighted by Crippen LogP contribution is 2.54. The Morgan fingerprint density at radius 2 is 2.07 bits per heavy atom. The summed E-state index contributed by atoms with van der Waals surface area (Å²) in [6, 6.07) is 5.85. The van der Waals surface area contributed by atoms with E-state index in [-0.39, 0.29) is 11.8 Å². The van der Waals surface area contributed by atoms with Crippen molar-refractivity contribution >= 4 is 11.9 Å². The van der Waals surface area contributed by atoms with E-state index in [9.17, 15) is 14.7 Å². The van der Waals surface area contributed by atoms with E-state index in [4.69, 9.17) is 4.74 Å². The summed E-state index contributed by atoms with van der Waals surface area (Å²) < 4.78 is 4.69. The van der Waals surface area contributed by atoms with Crippen molar-refractivity contribution in [1.29, 1.82) is 0 Å². The van der Waals surface area contributed by atoms with Gasteiger partial charge in [0.1, 0.15) is 0 Å². The first-order chi connectivity index (χ1) is 13.3. The Bertz CT molecular complexity index is 744. The van der Waals surface area contributed by atoms with Gasteiger partial charge in [-0.2, -0.15) is 0 Å². The average molecular weight is 388 g/mol. The normalized spacial score (nSPS) is 27.5. The van der Waals surface area contributed by atoms with Crippen LogP contribution in [0.15, 0.2) is 18.2 Å². The number of benzene rings is 1. The summed E-state index contributed by atoms with van der Waals surface area (Å²) in [5.74, 6) is 0.380. The smallest absolute Gasteiger partial charge is 0.330 e. The van der Waals surface area contributed by atoms with Crippen molar-refractivity contribution in [3.63, 3.8) is 0 Å². The lowest BCUT2D eigenvalue weighted by molar-refractivity contribution is -0.149. The third-order valence-corrected chi connectivity index (χ3v) is 6.97. The number of hydrogen-bond acceptors (Lipinski definition) is 4. The Morgan fingerprint density at radius 1 is 1.32 bits per heavy atom. The third kappa shape index (κ3) is 3.69. The van der Waals surface area contributed by atoms with Crippen molar-refractivity contribution in [2.24, 2.45) is 11.3 Å². The fraction of sp³-hybridized carbons (Fsp3) is 0.652. The van der Waals surface area contributed by atoms with Gasteiger partial charge in [0.15, 0.2) is 6.04 Å². The first-order valence-electron chi connectivity index (χ1n) is 10.4. The van der Waals surface area contributed by atoms with Gasteiger partial charge in [0.05, 0.1) is 13.7 Å². The molecule has 5 nitrogen and oxygen atoms in total. The Labute approximate surface area is 167 Å². The van der Waals surface area contributed by atoms with E-state index in [2.05, 4.69) is 37.4 Å². The van der Waals surface area contributed by atoms with Crippen molar-refractivity contribution < 1.29 is 19.4 Å². The zero-order valence-corrected chi connectivity index (χ0v) is 17.5. The van der Waals surface area contributed by atoms with Gasteiger partial charge in [0.2, 0.25) is 5.91 Å². The molecule has 2 N–H and O–H groups in total. The lowest BCUT2D eigenvalue weighted by Crippen LogP contribution is -2.54. The topological polar surface area (TPSA) is 75.6 Å². The molecule has 5 heteroatoms. The summed E-state index contributed by atoms with van der Waals surface area (Å²) >= 11 is 0. The number of esters is 1. The fourth-order valence-corrected chi connectivity index (χ4v) is 5.21. The highest BCUT2D eigenvalue weighted by Gasteiger charge is 2.49. The Kier molecular flexibility index (Phi) is 6.13. The predicted molar refractivity (Wildman–Crippen MR) is 108 cm³/mol. The lowest BCUT2D eigenvalue weighted by atomic mass is 9.56. The number of aliphatic hydroxyl groups is 1. The quantitative estimate of drug-likeness (QED) is 0.760. The standard InChI is InChI=1S/C23H33NO4/c1-14(2)15-7-9-17-16(12-15)8-10-19-18(17)6-5-11-23(19,3)22(27)24-20(13-25)21(26)28-4/h7,9,12,14,18-20,25H,5-6,8,10-11,13H2,1-4H3,(H,24,27)/t18-,19-,20+,23-/m1/s1. The first-order valence-corrected chi connectivity index (χ1v) is 10.4. The molecule has 154 valence electrons. The average Bonchev–Trinajstić information content (AvgIpc) is 2.70. The van der Waals surface area contributed by atoms with Gasteiger partial charge in [-0.1, -0.05) is 45.4 Å². The number of ether oxygens (including phenoxy) is 1. The van der Waals surface area contributed by atoms with Gasteiger partial charge in [-0.05, 0) is 60.1 Å². The molecule has 28 heavy (non-hydrogen) atoms. The molecule has 0 unspecified atom stereocenters. The molecule has 0 spiro atoms. The summed E-state index contributed by atoms with van der Waals surface area (Å²) in [6.07, 6.45) is 4.85. The van der Waals surface area contributed by atoms with Gasteiger partial charge < -0.3 is 15.2 Å². The third-order valence-electron chi connectivity index (χ3n) is 6.97. The molecular weight excluding hydrogens is 354 g/mol.